The van der Waals surface area contributed by atoms with Gasteiger partial charge in [-0.2, -0.15) is 0 Å². The van der Waals surface area contributed by atoms with E-state index in [1.54, 1.807) is 0 Å². The molecule has 0 spiro atoms. The molecule has 0 radical (unpaired) electrons. The number of nitrogens with zero attached hydrogens (tertiary/aromatic N) is 1. The molecule has 1 aromatic heterocycles. The van der Waals surface area contributed by atoms with Crippen molar-refractivity contribution < 1.29 is 0 Å². The number of aryl methyl sites for hydroxylation is 2. The third-order valence-electron chi connectivity index (χ3n) is 4.29. The van der Waals surface area contributed by atoms with Crippen molar-refractivity contribution >= 4 is 11.3 Å². The molecule has 1 heterocycles. The Bertz CT molecular complexity index is 378. The second-order valence-corrected chi connectivity index (χ2v) is 7.74. The van der Waals surface area contributed by atoms with Crippen molar-refractivity contribution in [3.63, 3.8) is 0 Å². The van der Waals surface area contributed by atoms with Crippen LogP contribution in [0, 0.1) is 31.6 Å². The van der Waals surface area contributed by atoms with Crippen LogP contribution in [0.5, 0.6) is 0 Å². The van der Waals surface area contributed by atoms with E-state index in [0.717, 1.165) is 24.3 Å². The van der Waals surface area contributed by atoms with Gasteiger partial charge in [0.2, 0.25) is 0 Å². The maximum absolute atomic E-state index is 4.71. The first-order valence-corrected chi connectivity index (χ1v) is 8.51. The van der Waals surface area contributed by atoms with Gasteiger partial charge in [0.1, 0.15) is 0 Å². The van der Waals surface area contributed by atoms with Crippen LogP contribution in [0.1, 0.15) is 48.7 Å². The summed E-state index contributed by atoms with van der Waals surface area (Å²) in [6.45, 7) is 11.2. The minimum atomic E-state index is 0.754. The Morgan fingerprint density at radius 3 is 2.63 bits per heavy atom. The molecule has 0 aromatic carbocycles. The molecule has 2 rings (SSSR count). The molecule has 2 nitrogen and oxygen atoms in total. The lowest BCUT2D eigenvalue weighted by atomic mass is 9.93. The van der Waals surface area contributed by atoms with E-state index < -0.39 is 0 Å². The highest BCUT2D eigenvalue weighted by Gasteiger charge is 2.27. The SMILES string of the molecule is Cc1nc(CC2CCCC2CNCC(C)C)sc1C. The van der Waals surface area contributed by atoms with Gasteiger partial charge in [-0.05, 0) is 57.5 Å². The fourth-order valence-corrected chi connectivity index (χ4v) is 4.09. The summed E-state index contributed by atoms with van der Waals surface area (Å²) in [5.74, 6) is 2.47. The largest absolute Gasteiger partial charge is 0.316 e. The monoisotopic (exact) mass is 280 g/mol. The van der Waals surface area contributed by atoms with Crippen LogP contribution in [0.2, 0.25) is 0 Å². The summed E-state index contributed by atoms with van der Waals surface area (Å²) in [6, 6.07) is 0. The second kappa shape index (κ2) is 6.85. The zero-order valence-corrected chi connectivity index (χ0v) is 13.6. The van der Waals surface area contributed by atoms with Crippen molar-refractivity contribution in [2.45, 2.75) is 53.4 Å². The summed E-state index contributed by atoms with van der Waals surface area (Å²) in [6.07, 6.45) is 5.40. The average molecular weight is 280 g/mol. The quantitative estimate of drug-likeness (QED) is 0.853. The van der Waals surface area contributed by atoms with Crippen LogP contribution in [-0.4, -0.2) is 18.1 Å². The first kappa shape index (κ1) is 15.0. The number of nitrogens with one attached hydrogen (secondary N) is 1. The van der Waals surface area contributed by atoms with Crippen molar-refractivity contribution in [3.05, 3.63) is 15.6 Å². The third kappa shape index (κ3) is 4.28. The van der Waals surface area contributed by atoms with E-state index in [9.17, 15) is 0 Å². The Labute approximate surface area is 122 Å². The Hall–Kier alpha value is -0.410. The Morgan fingerprint density at radius 2 is 2.00 bits per heavy atom. The topological polar surface area (TPSA) is 24.9 Å². The number of hydrogen-bond acceptors (Lipinski definition) is 3. The lowest BCUT2D eigenvalue weighted by Crippen LogP contribution is -2.28. The molecule has 1 saturated carbocycles. The van der Waals surface area contributed by atoms with Crippen LogP contribution in [-0.2, 0) is 6.42 Å². The fourth-order valence-electron chi connectivity index (χ4n) is 3.06. The minimum absolute atomic E-state index is 0.754. The smallest absolute Gasteiger partial charge is 0.0933 e. The summed E-state index contributed by atoms with van der Waals surface area (Å²) in [5, 5.41) is 5.00. The van der Waals surface area contributed by atoms with E-state index in [0.29, 0.717) is 0 Å². The van der Waals surface area contributed by atoms with Crippen LogP contribution in [0.3, 0.4) is 0 Å². The molecule has 1 aromatic rings. The molecular formula is C16H28N2S. The lowest BCUT2D eigenvalue weighted by molar-refractivity contribution is 0.357. The molecule has 2 atom stereocenters. The number of hydrogen-bond donors (Lipinski definition) is 1. The summed E-state index contributed by atoms with van der Waals surface area (Å²) >= 11 is 1.90. The number of rotatable bonds is 6. The van der Waals surface area contributed by atoms with Gasteiger partial charge in [-0.25, -0.2) is 4.98 Å². The zero-order chi connectivity index (χ0) is 13.8. The van der Waals surface area contributed by atoms with Gasteiger partial charge in [0.15, 0.2) is 0 Å². The summed E-state index contributed by atoms with van der Waals surface area (Å²) in [7, 11) is 0. The molecule has 3 heteroatoms. The Kier molecular flexibility index (Phi) is 5.40. The molecular weight excluding hydrogens is 252 g/mol. The van der Waals surface area contributed by atoms with E-state index in [1.807, 2.05) is 11.3 Å². The Morgan fingerprint density at radius 1 is 1.26 bits per heavy atom. The van der Waals surface area contributed by atoms with E-state index in [-0.39, 0.29) is 0 Å². The van der Waals surface area contributed by atoms with Crippen LogP contribution in [0.15, 0.2) is 0 Å². The van der Waals surface area contributed by atoms with Gasteiger partial charge in [0.25, 0.3) is 0 Å². The van der Waals surface area contributed by atoms with Crippen molar-refractivity contribution in [3.8, 4) is 0 Å². The van der Waals surface area contributed by atoms with E-state index in [1.165, 1.54) is 47.8 Å². The standard InChI is InChI=1S/C16H28N2S/c1-11(2)9-17-10-15-7-5-6-14(15)8-16-18-12(3)13(4)19-16/h11,14-15,17H,5-10H2,1-4H3. The van der Waals surface area contributed by atoms with E-state index in [4.69, 9.17) is 4.98 Å². The predicted molar refractivity (Wildman–Crippen MR) is 83.8 cm³/mol. The van der Waals surface area contributed by atoms with Crippen molar-refractivity contribution in [1.82, 2.24) is 10.3 Å². The first-order chi connectivity index (χ1) is 9.06. The van der Waals surface area contributed by atoms with E-state index in [2.05, 4.69) is 33.0 Å². The molecule has 108 valence electrons. The highest BCUT2D eigenvalue weighted by atomic mass is 32.1. The van der Waals surface area contributed by atoms with Crippen LogP contribution in [0.25, 0.3) is 0 Å². The molecule has 1 fully saturated rings. The van der Waals surface area contributed by atoms with Gasteiger partial charge < -0.3 is 5.32 Å². The van der Waals surface area contributed by atoms with Crippen molar-refractivity contribution in [1.29, 1.82) is 0 Å². The lowest BCUT2D eigenvalue weighted by Gasteiger charge is -2.19. The highest BCUT2D eigenvalue weighted by molar-refractivity contribution is 7.11. The molecule has 1 aliphatic carbocycles. The first-order valence-electron chi connectivity index (χ1n) is 7.70. The zero-order valence-electron chi connectivity index (χ0n) is 12.8. The maximum atomic E-state index is 4.71. The molecule has 1 aliphatic rings. The molecule has 19 heavy (non-hydrogen) atoms. The molecule has 0 aliphatic heterocycles. The van der Waals surface area contributed by atoms with Crippen LogP contribution < -0.4 is 5.32 Å². The van der Waals surface area contributed by atoms with Crippen LogP contribution >= 0.6 is 11.3 Å². The molecule has 0 amide bonds. The summed E-state index contributed by atoms with van der Waals surface area (Å²) in [5.41, 5.74) is 1.23. The summed E-state index contributed by atoms with van der Waals surface area (Å²) in [4.78, 5) is 6.11. The van der Waals surface area contributed by atoms with Crippen molar-refractivity contribution in [2.24, 2.45) is 17.8 Å². The van der Waals surface area contributed by atoms with Gasteiger partial charge in [0, 0.05) is 11.3 Å². The molecule has 1 N–H and O–H groups in total. The molecule has 2 unspecified atom stereocenters. The van der Waals surface area contributed by atoms with Crippen molar-refractivity contribution in [2.75, 3.05) is 13.1 Å². The predicted octanol–water partition coefficient (Wildman–Crippen LogP) is 3.96. The third-order valence-corrected chi connectivity index (χ3v) is 5.38. The van der Waals surface area contributed by atoms with E-state index >= 15 is 0 Å². The van der Waals surface area contributed by atoms with Gasteiger partial charge in [-0.15, -0.1) is 11.3 Å². The van der Waals surface area contributed by atoms with Gasteiger partial charge >= 0.3 is 0 Å². The molecule has 0 bridgehead atoms. The minimum Gasteiger partial charge on any atom is -0.316 e. The fraction of sp³-hybridized carbons (Fsp3) is 0.812. The molecule has 0 saturated heterocycles. The van der Waals surface area contributed by atoms with Crippen LogP contribution in [0.4, 0.5) is 0 Å². The number of aromatic nitrogens is 1. The summed E-state index contributed by atoms with van der Waals surface area (Å²) < 4.78 is 0. The second-order valence-electron chi connectivity index (χ2n) is 6.46. The van der Waals surface area contributed by atoms with Gasteiger partial charge in [-0.1, -0.05) is 20.3 Å². The normalized spacial score (nSPS) is 23.4. The number of thiazole rings is 1. The van der Waals surface area contributed by atoms with Gasteiger partial charge in [-0.3, -0.25) is 0 Å². The average Bonchev–Trinajstić information content (AvgIpc) is 2.88. The van der Waals surface area contributed by atoms with Gasteiger partial charge in [0.05, 0.1) is 10.7 Å². The Balaban J connectivity index is 1.84. The maximum Gasteiger partial charge on any atom is 0.0933 e. The highest BCUT2D eigenvalue weighted by Crippen LogP contribution is 2.35.